The molecule has 0 saturated carbocycles. The van der Waals surface area contributed by atoms with Gasteiger partial charge in [-0.3, -0.25) is 0 Å². The summed E-state index contributed by atoms with van der Waals surface area (Å²) in [4.78, 5) is 11.6. The van der Waals surface area contributed by atoms with Crippen molar-refractivity contribution in [1.82, 2.24) is 5.32 Å². The number of carbonyl (C=O) groups is 1. The number of nitrogens with one attached hydrogen (secondary N) is 2. The van der Waals surface area contributed by atoms with E-state index in [1.165, 1.54) is 0 Å². The van der Waals surface area contributed by atoms with Crippen LogP contribution in [0.5, 0.6) is 0 Å². The highest BCUT2D eigenvalue weighted by Crippen LogP contribution is 2.14. The second kappa shape index (κ2) is 7.14. The minimum atomic E-state index is -0.266. The lowest BCUT2D eigenvalue weighted by atomic mass is 10.2. The fourth-order valence-electron chi connectivity index (χ4n) is 1.43. The first kappa shape index (κ1) is 13.8. The Morgan fingerprint density at radius 2 is 2.29 bits per heavy atom. The number of hydrogen-bond acceptors (Lipinski definition) is 2. The van der Waals surface area contributed by atoms with Gasteiger partial charge in [0.15, 0.2) is 0 Å². The van der Waals surface area contributed by atoms with Crippen molar-refractivity contribution in [2.75, 3.05) is 11.9 Å². The summed E-state index contributed by atoms with van der Waals surface area (Å²) >= 11 is 5.80. The van der Waals surface area contributed by atoms with Gasteiger partial charge in [0.1, 0.15) is 0 Å². The first-order valence-corrected chi connectivity index (χ1v) is 5.93. The maximum absolute atomic E-state index is 11.6. The molecule has 1 atom stereocenters. The summed E-state index contributed by atoms with van der Waals surface area (Å²) in [5.41, 5.74) is 0.657. The number of anilines is 1. The smallest absolute Gasteiger partial charge is 0.319 e. The molecule has 1 aromatic carbocycles. The van der Waals surface area contributed by atoms with Crippen molar-refractivity contribution in [2.45, 2.75) is 25.8 Å². The van der Waals surface area contributed by atoms with Crippen molar-refractivity contribution in [3.05, 3.63) is 29.3 Å². The van der Waals surface area contributed by atoms with Gasteiger partial charge < -0.3 is 15.7 Å². The van der Waals surface area contributed by atoms with E-state index in [1.54, 1.807) is 24.3 Å². The van der Waals surface area contributed by atoms with E-state index >= 15 is 0 Å². The largest absolute Gasteiger partial charge is 0.396 e. The van der Waals surface area contributed by atoms with Gasteiger partial charge in [-0.15, -0.1) is 0 Å². The van der Waals surface area contributed by atoms with Crippen molar-refractivity contribution >= 4 is 23.3 Å². The van der Waals surface area contributed by atoms with Crippen molar-refractivity contribution in [3.8, 4) is 0 Å². The van der Waals surface area contributed by atoms with Crippen LogP contribution in [0.1, 0.15) is 19.8 Å². The van der Waals surface area contributed by atoms with Crippen LogP contribution in [0.4, 0.5) is 10.5 Å². The first-order chi connectivity index (χ1) is 8.11. The summed E-state index contributed by atoms with van der Waals surface area (Å²) in [5, 5.41) is 14.7. The van der Waals surface area contributed by atoms with Crippen molar-refractivity contribution in [2.24, 2.45) is 0 Å². The highest BCUT2D eigenvalue weighted by Gasteiger charge is 2.06. The Bertz CT molecular complexity index is 371. The summed E-state index contributed by atoms with van der Waals surface area (Å²) in [6.45, 7) is 2.04. The van der Waals surface area contributed by atoms with Crippen LogP contribution in [-0.4, -0.2) is 23.8 Å². The number of amides is 2. The van der Waals surface area contributed by atoms with Gasteiger partial charge in [-0.25, -0.2) is 4.79 Å². The highest BCUT2D eigenvalue weighted by molar-refractivity contribution is 6.30. The summed E-state index contributed by atoms with van der Waals surface area (Å²) in [7, 11) is 0. The molecular weight excluding hydrogens is 240 g/mol. The molecule has 0 fully saturated rings. The Labute approximate surface area is 106 Å². The minimum Gasteiger partial charge on any atom is -0.396 e. The number of aliphatic hydroxyl groups excluding tert-OH is 1. The monoisotopic (exact) mass is 256 g/mol. The van der Waals surface area contributed by atoms with Crippen LogP contribution >= 0.6 is 11.6 Å². The molecule has 5 heteroatoms. The molecule has 0 saturated heterocycles. The standard InChI is InChI=1S/C12H17ClN2O2/c1-9(4-3-7-16)14-12(17)15-11-6-2-5-10(13)8-11/h2,5-6,8-9,16H,3-4,7H2,1H3,(H2,14,15,17). The van der Waals surface area contributed by atoms with E-state index in [1.807, 2.05) is 6.92 Å². The number of halogens is 1. The van der Waals surface area contributed by atoms with Gasteiger partial charge >= 0.3 is 6.03 Å². The van der Waals surface area contributed by atoms with Gasteiger partial charge in [-0.2, -0.15) is 0 Å². The fraction of sp³-hybridized carbons (Fsp3) is 0.417. The molecule has 0 bridgehead atoms. The van der Waals surface area contributed by atoms with Crippen molar-refractivity contribution in [1.29, 1.82) is 0 Å². The zero-order chi connectivity index (χ0) is 12.7. The molecule has 1 aromatic rings. The summed E-state index contributed by atoms with van der Waals surface area (Å²) in [6, 6.07) is 6.73. The zero-order valence-corrected chi connectivity index (χ0v) is 10.5. The van der Waals surface area contributed by atoms with E-state index in [4.69, 9.17) is 16.7 Å². The van der Waals surface area contributed by atoms with E-state index < -0.39 is 0 Å². The molecule has 3 N–H and O–H groups in total. The van der Waals surface area contributed by atoms with E-state index in [-0.39, 0.29) is 18.7 Å². The number of benzene rings is 1. The van der Waals surface area contributed by atoms with E-state index in [9.17, 15) is 4.79 Å². The van der Waals surface area contributed by atoms with E-state index in [2.05, 4.69) is 10.6 Å². The Kier molecular flexibility index (Phi) is 5.80. The van der Waals surface area contributed by atoms with Gasteiger partial charge in [0.05, 0.1) is 0 Å². The second-order valence-electron chi connectivity index (χ2n) is 3.88. The Morgan fingerprint density at radius 3 is 2.94 bits per heavy atom. The SMILES string of the molecule is CC(CCCO)NC(=O)Nc1cccc(Cl)c1. The molecule has 0 aliphatic carbocycles. The van der Waals surface area contributed by atoms with E-state index in [0.29, 0.717) is 17.1 Å². The average molecular weight is 257 g/mol. The second-order valence-corrected chi connectivity index (χ2v) is 4.31. The Morgan fingerprint density at radius 1 is 1.53 bits per heavy atom. The maximum Gasteiger partial charge on any atom is 0.319 e. The van der Waals surface area contributed by atoms with E-state index in [0.717, 1.165) is 6.42 Å². The minimum absolute atomic E-state index is 0.0290. The topological polar surface area (TPSA) is 61.4 Å². The third-order valence-electron chi connectivity index (χ3n) is 2.26. The van der Waals surface area contributed by atoms with Gasteiger partial charge in [0.2, 0.25) is 0 Å². The molecule has 1 rings (SSSR count). The van der Waals surface area contributed by atoms with Gasteiger partial charge in [0, 0.05) is 23.4 Å². The van der Waals surface area contributed by atoms with Crippen LogP contribution in [0, 0.1) is 0 Å². The molecule has 4 nitrogen and oxygen atoms in total. The molecule has 17 heavy (non-hydrogen) atoms. The van der Waals surface area contributed by atoms with Crippen molar-refractivity contribution < 1.29 is 9.90 Å². The molecule has 94 valence electrons. The van der Waals surface area contributed by atoms with Gasteiger partial charge in [-0.1, -0.05) is 17.7 Å². The number of rotatable bonds is 5. The molecule has 2 amide bonds. The lowest BCUT2D eigenvalue weighted by Gasteiger charge is -2.14. The van der Waals surface area contributed by atoms with Gasteiger partial charge in [0.25, 0.3) is 0 Å². The summed E-state index contributed by atoms with van der Waals surface area (Å²) < 4.78 is 0. The average Bonchev–Trinajstić information content (AvgIpc) is 2.26. The third kappa shape index (κ3) is 5.56. The lowest BCUT2D eigenvalue weighted by Crippen LogP contribution is -2.36. The normalized spacial score (nSPS) is 11.9. The van der Waals surface area contributed by atoms with Crippen molar-refractivity contribution in [3.63, 3.8) is 0 Å². The molecule has 0 aliphatic rings. The molecule has 1 unspecified atom stereocenters. The maximum atomic E-state index is 11.6. The molecule has 0 radical (unpaired) electrons. The molecular formula is C12H17ClN2O2. The number of hydrogen-bond donors (Lipinski definition) is 3. The molecule has 0 aromatic heterocycles. The predicted molar refractivity (Wildman–Crippen MR) is 69.4 cm³/mol. The summed E-state index contributed by atoms with van der Waals surface area (Å²) in [6.07, 6.45) is 1.43. The lowest BCUT2D eigenvalue weighted by molar-refractivity contribution is 0.245. The number of urea groups is 1. The summed E-state index contributed by atoms with van der Waals surface area (Å²) in [5.74, 6) is 0. The number of carbonyl (C=O) groups excluding carboxylic acids is 1. The third-order valence-corrected chi connectivity index (χ3v) is 2.49. The van der Waals surface area contributed by atoms with Crippen LogP contribution in [0.3, 0.4) is 0 Å². The zero-order valence-electron chi connectivity index (χ0n) is 9.74. The van der Waals surface area contributed by atoms with Crippen LogP contribution in [0.25, 0.3) is 0 Å². The van der Waals surface area contributed by atoms with Crippen LogP contribution in [0.2, 0.25) is 5.02 Å². The molecule has 0 spiro atoms. The highest BCUT2D eigenvalue weighted by atomic mass is 35.5. The Hall–Kier alpha value is -1.26. The predicted octanol–water partition coefficient (Wildman–Crippen LogP) is 2.62. The van der Waals surface area contributed by atoms with Crippen LogP contribution in [0.15, 0.2) is 24.3 Å². The molecule has 0 aliphatic heterocycles. The Balaban J connectivity index is 2.39. The first-order valence-electron chi connectivity index (χ1n) is 5.55. The molecule has 0 heterocycles. The van der Waals surface area contributed by atoms with Crippen LogP contribution in [-0.2, 0) is 0 Å². The van der Waals surface area contributed by atoms with Gasteiger partial charge in [-0.05, 0) is 38.0 Å². The fourth-order valence-corrected chi connectivity index (χ4v) is 1.62. The quantitative estimate of drug-likeness (QED) is 0.758. The number of aliphatic hydroxyl groups is 1. The van der Waals surface area contributed by atoms with Crippen LogP contribution < -0.4 is 10.6 Å².